The number of unbranched alkanes of at least 4 members (excludes halogenated alkanes) is 1. The van der Waals surface area contributed by atoms with Gasteiger partial charge < -0.3 is 15.9 Å². The van der Waals surface area contributed by atoms with Gasteiger partial charge in [-0.05, 0) is 18.1 Å². The summed E-state index contributed by atoms with van der Waals surface area (Å²) in [4.78, 5) is 9.91. The van der Waals surface area contributed by atoms with Crippen LogP contribution in [0.5, 0.6) is 11.5 Å². The first-order valence-corrected chi connectivity index (χ1v) is 5.43. The van der Waals surface area contributed by atoms with E-state index in [0.717, 1.165) is 12.8 Å². The van der Waals surface area contributed by atoms with Gasteiger partial charge in [-0.2, -0.15) is 0 Å². The molecule has 0 aromatic heterocycles. The molecule has 0 bridgehead atoms. The minimum Gasteiger partial charge on any atom is -0.504 e. The smallest absolute Gasteiger partial charge is 0.314 e. The van der Waals surface area contributed by atoms with Gasteiger partial charge in [0, 0.05) is 12.1 Å². The molecule has 0 unspecified atom stereocenters. The lowest BCUT2D eigenvalue weighted by Crippen LogP contribution is -2.10. The van der Waals surface area contributed by atoms with Gasteiger partial charge in [0.25, 0.3) is 0 Å². The van der Waals surface area contributed by atoms with Gasteiger partial charge in [-0.3, -0.25) is 10.1 Å². The summed E-state index contributed by atoms with van der Waals surface area (Å²) < 4.78 is 0. The third-order valence-corrected chi connectivity index (χ3v) is 2.59. The number of phenolic OH excluding ortho intramolecular Hbond substituents is 2. The predicted octanol–water partition coefficient (Wildman–Crippen LogP) is 2.20. The highest BCUT2D eigenvalue weighted by atomic mass is 16.6. The fraction of sp³-hybridized carbons (Fsp3) is 0.455. The van der Waals surface area contributed by atoms with Crippen LogP contribution in [0.15, 0.2) is 12.1 Å². The molecule has 1 aromatic carbocycles. The molecular weight excluding hydrogens is 224 g/mol. The molecule has 94 valence electrons. The van der Waals surface area contributed by atoms with Gasteiger partial charge >= 0.3 is 5.69 Å². The molecule has 0 heterocycles. The van der Waals surface area contributed by atoms with Crippen LogP contribution in [0.25, 0.3) is 0 Å². The van der Waals surface area contributed by atoms with Crippen molar-refractivity contribution in [3.8, 4) is 11.5 Å². The Labute approximate surface area is 98.8 Å². The maximum absolute atomic E-state index is 10.7. The number of hydrogen-bond donors (Lipinski definition) is 3. The van der Waals surface area contributed by atoms with Crippen molar-refractivity contribution < 1.29 is 15.1 Å². The average Bonchev–Trinajstić information content (AvgIpc) is 2.28. The lowest BCUT2D eigenvalue weighted by Gasteiger charge is -2.12. The number of nitro groups is 1. The van der Waals surface area contributed by atoms with Crippen LogP contribution < -0.4 is 5.73 Å². The van der Waals surface area contributed by atoms with Gasteiger partial charge in [0.05, 0.1) is 4.92 Å². The van der Waals surface area contributed by atoms with Crippen molar-refractivity contribution in [1.29, 1.82) is 0 Å². The highest BCUT2D eigenvalue weighted by Crippen LogP contribution is 2.37. The molecule has 1 rings (SSSR count). The third-order valence-electron chi connectivity index (χ3n) is 2.59. The third kappa shape index (κ3) is 3.07. The minimum absolute atomic E-state index is 0.375. The summed E-state index contributed by atoms with van der Waals surface area (Å²) in [6.45, 7) is 2.02. The summed E-state index contributed by atoms with van der Waals surface area (Å²) in [5, 5.41) is 29.4. The Hall–Kier alpha value is -1.82. The van der Waals surface area contributed by atoms with Crippen molar-refractivity contribution in [1.82, 2.24) is 0 Å². The van der Waals surface area contributed by atoms with Gasteiger partial charge in [0.15, 0.2) is 5.75 Å². The van der Waals surface area contributed by atoms with Gasteiger partial charge in [-0.25, -0.2) is 0 Å². The number of aromatic hydroxyl groups is 2. The molecule has 4 N–H and O–H groups in total. The summed E-state index contributed by atoms with van der Waals surface area (Å²) in [6, 6.07) is 2.10. The van der Waals surface area contributed by atoms with Crippen LogP contribution in [0.4, 0.5) is 5.69 Å². The minimum atomic E-state index is -0.745. The van der Waals surface area contributed by atoms with Gasteiger partial charge in [0.2, 0.25) is 5.75 Å². The zero-order chi connectivity index (χ0) is 13.0. The summed E-state index contributed by atoms with van der Waals surface area (Å²) >= 11 is 0. The Kier molecular flexibility index (Phi) is 4.28. The Balaban J connectivity index is 3.05. The van der Waals surface area contributed by atoms with E-state index in [1.54, 1.807) is 0 Å². The molecule has 0 saturated heterocycles. The quantitative estimate of drug-likeness (QED) is 0.415. The molecule has 0 spiro atoms. The fourth-order valence-electron chi connectivity index (χ4n) is 1.57. The highest BCUT2D eigenvalue weighted by molar-refractivity contribution is 5.56. The van der Waals surface area contributed by atoms with Crippen LogP contribution in [0.2, 0.25) is 0 Å². The van der Waals surface area contributed by atoms with Crippen LogP contribution in [-0.4, -0.2) is 15.1 Å². The molecule has 0 aliphatic carbocycles. The van der Waals surface area contributed by atoms with E-state index in [1.165, 1.54) is 12.1 Å². The Morgan fingerprint density at radius 1 is 1.47 bits per heavy atom. The maximum Gasteiger partial charge on any atom is 0.314 e. The van der Waals surface area contributed by atoms with E-state index in [0.29, 0.717) is 12.0 Å². The SMILES string of the molecule is CCCC[C@@H](N)c1cc(O)c(O)c([N+](=O)[O-])c1. The number of phenols is 2. The van der Waals surface area contributed by atoms with Crippen molar-refractivity contribution in [3.05, 3.63) is 27.8 Å². The molecule has 1 atom stereocenters. The second-order valence-electron chi connectivity index (χ2n) is 3.91. The van der Waals surface area contributed by atoms with E-state index < -0.39 is 22.1 Å². The Morgan fingerprint density at radius 2 is 2.12 bits per heavy atom. The normalized spacial score (nSPS) is 12.4. The molecule has 0 aliphatic heterocycles. The number of rotatable bonds is 5. The van der Waals surface area contributed by atoms with Crippen LogP contribution in [-0.2, 0) is 0 Å². The van der Waals surface area contributed by atoms with Gasteiger partial charge in [-0.15, -0.1) is 0 Å². The van der Waals surface area contributed by atoms with E-state index in [-0.39, 0.29) is 6.04 Å². The van der Waals surface area contributed by atoms with Crippen LogP contribution >= 0.6 is 0 Å². The topological polar surface area (TPSA) is 110 Å². The van der Waals surface area contributed by atoms with Crippen molar-refractivity contribution in [2.45, 2.75) is 32.2 Å². The first kappa shape index (κ1) is 13.2. The van der Waals surface area contributed by atoms with Crippen molar-refractivity contribution >= 4 is 5.69 Å². The van der Waals surface area contributed by atoms with E-state index in [1.807, 2.05) is 6.92 Å². The average molecular weight is 240 g/mol. The largest absolute Gasteiger partial charge is 0.504 e. The first-order valence-electron chi connectivity index (χ1n) is 5.43. The molecule has 0 amide bonds. The second kappa shape index (κ2) is 5.49. The second-order valence-corrected chi connectivity index (χ2v) is 3.91. The molecule has 0 fully saturated rings. The Morgan fingerprint density at radius 3 is 2.65 bits per heavy atom. The van der Waals surface area contributed by atoms with Crippen LogP contribution in [0.1, 0.15) is 37.8 Å². The van der Waals surface area contributed by atoms with E-state index in [2.05, 4.69) is 0 Å². The predicted molar refractivity (Wildman–Crippen MR) is 62.9 cm³/mol. The van der Waals surface area contributed by atoms with E-state index >= 15 is 0 Å². The number of benzene rings is 1. The van der Waals surface area contributed by atoms with Crippen LogP contribution in [0.3, 0.4) is 0 Å². The molecule has 6 nitrogen and oxygen atoms in total. The summed E-state index contributed by atoms with van der Waals surface area (Å²) in [5.41, 5.74) is 5.79. The van der Waals surface area contributed by atoms with E-state index in [4.69, 9.17) is 5.73 Å². The van der Waals surface area contributed by atoms with Gasteiger partial charge in [-0.1, -0.05) is 19.8 Å². The summed E-state index contributed by atoms with van der Waals surface area (Å²) in [7, 11) is 0. The first-order chi connectivity index (χ1) is 7.97. The summed E-state index contributed by atoms with van der Waals surface area (Å²) in [6.07, 6.45) is 2.55. The molecule has 0 radical (unpaired) electrons. The molecule has 17 heavy (non-hydrogen) atoms. The zero-order valence-electron chi connectivity index (χ0n) is 9.59. The van der Waals surface area contributed by atoms with Crippen molar-refractivity contribution in [2.24, 2.45) is 5.73 Å². The standard InChI is InChI=1S/C11H16N2O4/c1-2-3-4-8(12)7-5-9(13(16)17)11(15)10(14)6-7/h5-6,8,14-15H,2-4,12H2,1H3/t8-/m1/s1. The molecule has 6 heteroatoms. The summed E-state index contributed by atoms with van der Waals surface area (Å²) in [5.74, 6) is -1.23. The molecule has 1 aromatic rings. The lowest BCUT2D eigenvalue weighted by molar-refractivity contribution is -0.386. The number of hydrogen-bond acceptors (Lipinski definition) is 5. The number of nitrogens with zero attached hydrogens (tertiary/aromatic N) is 1. The number of nitrogens with two attached hydrogens (primary N) is 1. The number of nitro benzene ring substituents is 1. The molecule has 0 saturated carbocycles. The monoisotopic (exact) mass is 240 g/mol. The highest BCUT2D eigenvalue weighted by Gasteiger charge is 2.20. The van der Waals surface area contributed by atoms with Crippen molar-refractivity contribution in [3.63, 3.8) is 0 Å². The lowest BCUT2D eigenvalue weighted by atomic mass is 10.0. The van der Waals surface area contributed by atoms with Gasteiger partial charge in [0.1, 0.15) is 0 Å². The molecule has 0 aliphatic rings. The maximum atomic E-state index is 10.7. The fourth-order valence-corrected chi connectivity index (χ4v) is 1.57. The molecular formula is C11H16N2O4. The Bertz CT molecular complexity index is 420. The van der Waals surface area contributed by atoms with Crippen LogP contribution in [0, 0.1) is 10.1 Å². The van der Waals surface area contributed by atoms with E-state index in [9.17, 15) is 20.3 Å². The van der Waals surface area contributed by atoms with Crippen molar-refractivity contribution in [2.75, 3.05) is 0 Å². The zero-order valence-corrected chi connectivity index (χ0v) is 9.59.